The number of esters is 1. The Bertz CT molecular complexity index is 1030. The van der Waals surface area contributed by atoms with Crippen LogP contribution in [-0.2, 0) is 19.6 Å². The predicted octanol–water partition coefficient (Wildman–Crippen LogP) is 3.61. The van der Waals surface area contributed by atoms with Gasteiger partial charge in [0.2, 0.25) is 0 Å². The van der Waals surface area contributed by atoms with Crippen molar-refractivity contribution < 1.29 is 27.5 Å². The molecule has 0 aromatic heterocycles. The van der Waals surface area contributed by atoms with Crippen LogP contribution in [0.1, 0.15) is 36.0 Å². The number of carbonyl (C=O) groups is 2. The van der Waals surface area contributed by atoms with Crippen molar-refractivity contribution in [2.75, 3.05) is 25.5 Å². The number of halogens is 1. The summed E-state index contributed by atoms with van der Waals surface area (Å²) in [5.74, 6) is -0.331. The van der Waals surface area contributed by atoms with Crippen molar-refractivity contribution in [1.29, 1.82) is 0 Å². The van der Waals surface area contributed by atoms with Crippen LogP contribution in [0.2, 0.25) is 5.02 Å². The van der Waals surface area contributed by atoms with Gasteiger partial charge in [0.1, 0.15) is 10.6 Å². The second-order valence-corrected chi connectivity index (χ2v) is 8.65. The summed E-state index contributed by atoms with van der Waals surface area (Å²) in [5.41, 5.74) is 0.419. The molecule has 8 nitrogen and oxygen atoms in total. The highest BCUT2D eigenvalue weighted by Gasteiger charge is 2.21. The summed E-state index contributed by atoms with van der Waals surface area (Å²) in [7, 11) is -1.29. The molecule has 0 aliphatic rings. The first kappa shape index (κ1) is 24.5. The fourth-order valence-electron chi connectivity index (χ4n) is 2.76. The molecule has 0 saturated carbocycles. The van der Waals surface area contributed by atoms with Crippen LogP contribution in [0.5, 0.6) is 5.75 Å². The molecular formula is C21H25ClN2O6S. The molecule has 0 fully saturated rings. The van der Waals surface area contributed by atoms with Crippen LogP contribution in [0.4, 0.5) is 5.69 Å². The van der Waals surface area contributed by atoms with Gasteiger partial charge in [-0.25, -0.2) is 8.42 Å². The second kappa shape index (κ2) is 11.6. The van der Waals surface area contributed by atoms with Crippen LogP contribution >= 0.6 is 11.6 Å². The van der Waals surface area contributed by atoms with E-state index in [-0.39, 0.29) is 27.1 Å². The summed E-state index contributed by atoms with van der Waals surface area (Å²) in [6.45, 7) is 0.393. The van der Waals surface area contributed by atoms with Crippen molar-refractivity contribution in [2.24, 2.45) is 0 Å². The van der Waals surface area contributed by atoms with E-state index in [1.807, 2.05) is 0 Å². The smallest absolute Gasteiger partial charge is 0.305 e. The number of benzene rings is 2. The van der Waals surface area contributed by atoms with Crippen molar-refractivity contribution in [3.05, 3.63) is 53.1 Å². The highest BCUT2D eigenvalue weighted by Crippen LogP contribution is 2.29. The van der Waals surface area contributed by atoms with Crippen LogP contribution in [0.3, 0.4) is 0 Å². The summed E-state index contributed by atoms with van der Waals surface area (Å²) < 4.78 is 37.9. The summed E-state index contributed by atoms with van der Waals surface area (Å²) in [6.07, 6.45) is 2.43. The topological polar surface area (TPSA) is 111 Å². The third-order valence-corrected chi connectivity index (χ3v) is 6.25. The number of anilines is 1. The minimum absolute atomic E-state index is 0.0123. The van der Waals surface area contributed by atoms with E-state index in [9.17, 15) is 18.0 Å². The minimum atomic E-state index is -4.06. The molecule has 2 N–H and O–H groups in total. The van der Waals surface area contributed by atoms with Crippen LogP contribution in [-0.4, -0.2) is 41.1 Å². The van der Waals surface area contributed by atoms with E-state index >= 15 is 0 Å². The third kappa shape index (κ3) is 7.15. The molecule has 168 valence electrons. The first-order chi connectivity index (χ1) is 14.8. The summed E-state index contributed by atoms with van der Waals surface area (Å²) >= 11 is 6.10. The number of hydrogen-bond acceptors (Lipinski definition) is 6. The lowest BCUT2D eigenvalue weighted by atomic mass is 10.2. The molecule has 2 rings (SSSR count). The van der Waals surface area contributed by atoms with Gasteiger partial charge in [-0.05, 0) is 43.2 Å². The number of para-hydroxylation sites is 2. The van der Waals surface area contributed by atoms with E-state index < -0.39 is 15.9 Å². The van der Waals surface area contributed by atoms with Gasteiger partial charge in [0.05, 0.1) is 24.9 Å². The molecule has 0 saturated heterocycles. The molecule has 1 amide bonds. The maximum Gasteiger partial charge on any atom is 0.305 e. The summed E-state index contributed by atoms with van der Waals surface area (Å²) in [6, 6.07) is 10.6. The summed E-state index contributed by atoms with van der Waals surface area (Å²) in [4.78, 5) is 23.3. The highest BCUT2D eigenvalue weighted by atomic mass is 35.5. The molecule has 10 heteroatoms. The van der Waals surface area contributed by atoms with E-state index in [0.29, 0.717) is 31.6 Å². The molecule has 0 heterocycles. The Labute approximate surface area is 186 Å². The lowest BCUT2D eigenvalue weighted by Gasteiger charge is -2.13. The molecule has 0 bridgehead atoms. The van der Waals surface area contributed by atoms with Gasteiger partial charge in [-0.3, -0.25) is 14.3 Å². The minimum Gasteiger partial charge on any atom is -0.495 e. The van der Waals surface area contributed by atoms with Gasteiger partial charge < -0.3 is 14.8 Å². The van der Waals surface area contributed by atoms with Crippen molar-refractivity contribution in [1.82, 2.24) is 5.32 Å². The van der Waals surface area contributed by atoms with E-state index in [2.05, 4.69) is 14.8 Å². The molecule has 31 heavy (non-hydrogen) atoms. The van der Waals surface area contributed by atoms with Crippen LogP contribution < -0.4 is 14.8 Å². The van der Waals surface area contributed by atoms with Crippen molar-refractivity contribution in [3.8, 4) is 5.75 Å². The molecule has 0 radical (unpaired) electrons. The van der Waals surface area contributed by atoms with Crippen LogP contribution in [0.25, 0.3) is 0 Å². The molecule has 0 aliphatic carbocycles. The van der Waals surface area contributed by atoms with E-state index in [0.717, 1.165) is 6.42 Å². The molecule has 2 aromatic carbocycles. The Balaban J connectivity index is 2.03. The number of methoxy groups -OCH3 is 2. The standard InChI is InChI=1S/C21H25ClN2O6S/c1-29-18-9-6-5-8-17(18)24-31(27,28)19-14-15(11-12-16(19)22)21(26)23-13-7-3-4-10-20(25)30-2/h5-6,8-9,11-12,14,24H,3-4,7,10,13H2,1-2H3,(H,23,26). The van der Waals surface area contributed by atoms with Gasteiger partial charge in [-0.15, -0.1) is 0 Å². The molecule has 0 spiro atoms. The van der Waals surface area contributed by atoms with Crippen LogP contribution in [0, 0.1) is 0 Å². The monoisotopic (exact) mass is 468 g/mol. The lowest BCUT2D eigenvalue weighted by Crippen LogP contribution is -2.25. The fourth-order valence-corrected chi connectivity index (χ4v) is 4.35. The molecule has 0 unspecified atom stereocenters. The van der Waals surface area contributed by atoms with E-state index in [1.54, 1.807) is 24.3 Å². The number of hydrogen-bond donors (Lipinski definition) is 2. The second-order valence-electron chi connectivity index (χ2n) is 6.59. The SMILES string of the molecule is COC(=O)CCCCCNC(=O)c1ccc(Cl)c(S(=O)(=O)Nc2ccccc2OC)c1. The van der Waals surface area contributed by atoms with Gasteiger partial charge in [0.15, 0.2) is 0 Å². The zero-order valence-electron chi connectivity index (χ0n) is 17.3. The summed E-state index contributed by atoms with van der Waals surface area (Å²) in [5, 5.41) is 2.72. The van der Waals surface area contributed by atoms with Gasteiger partial charge in [-0.2, -0.15) is 0 Å². The number of unbranched alkanes of at least 4 members (excludes halogenated alkanes) is 2. The number of carbonyl (C=O) groups excluding carboxylic acids is 2. The number of ether oxygens (including phenoxy) is 2. The maximum atomic E-state index is 12.9. The fraction of sp³-hybridized carbons (Fsp3) is 0.333. The predicted molar refractivity (Wildman–Crippen MR) is 118 cm³/mol. The highest BCUT2D eigenvalue weighted by molar-refractivity contribution is 7.92. The van der Waals surface area contributed by atoms with Crippen molar-refractivity contribution in [3.63, 3.8) is 0 Å². The lowest BCUT2D eigenvalue weighted by molar-refractivity contribution is -0.140. The number of rotatable bonds is 11. The van der Waals surface area contributed by atoms with Gasteiger partial charge in [-0.1, -0.05) is 30.2 Å². The third-order valence-electron chi connectivity index (χ3n) is 4.41. The maximum absolute atomic E-state index is 12.9. The molecule has 2 aromatic rings. The normalized spacial score (nSPS) is 10.9. The first-order valence-corrected chi connectivity index (χ1v) is 11.4. The number of nitrogens with one attached hydrogen (secondary N) is 2. The van der Waals surface area contributed by atoms with Crippen molar-refractivity contribution >= 4 is 39.2 Å². The average Bonchev–Trinajstić information content (AvgIpc) is 2.76. The van der Waals surface area contributed by atoms with Gasteiger partial charge >= 0.3 is 5.97 Å². The van der Waals surface area contributed by atoms with E-state index in [4.69, 9.17) is 16.3 Å². The van der Waals surface area contributed by atoms with E-state index in [1.165, 1.54) is 32.4 Å². The Morgan fingerprint density at radius 2 is 1.77 bits per heavy atom. The Kier molecular flexibility index (Phi) is 9.14. The molecule has 0 atom stereocenters. The van der Waals surface area contributed by atoms with Gasteiger partial charge in [0, 0.05) is 18.5 Å². The Morgan fingerprint density at radius 1 is 1.03 bits per heavy atom. The number of amides is 1. The largest absolute Gasteiger partial charge is 0.495 e. The Hall–Kier alpha value is -2.78. The van der Waals surface area contributed by atoms with Crippen molar-refractivity contribution in [2.45, 2.75) is 30.6 Å². The van der Waals surface area contributed by atoms with Gasteiger partial charge in [0.25, 0.3) is 15.9 Å². The molecular weight excluding hydrogens is 444 g/mol. The van der Waals surface area contributed by atoms with Crippen LogP contribution in [0.15, 0.2) is 47.4 Å². The molecule has 0 aliphatic heterocycles. The quantitative estimate of drug-likeness (QED) is 0.385. The Morgan fingerprint density at radius 3 is 2.48 bits per heavy atom. The zero-order valence-corrected chi connectivity index (χ0v) is 18.9. The first-order valence-electron chi connectivity index (χ1n) is 9.59. The zero-order chi connectivity index (χ0) is 22.9. The number of sulfonamides is 1. The average molecular weight is 469 g/mol.